The molecule has 0 saturated carbocycles. The first-order valence-corrected chi connectivity index (χ1v) is 6.16. The molecule has 0 aliphatic heterocycles. The topological polar surface area (TPSA) is 86.7 Å². The van der Waals surface area contributed by atoms with Gasteiger partial charge < -0.3 is 21.0 Å². The van der Waals surface area contributed by atoms with Crippen molar-refractivity contribution in [1.82, 2.24) is 9.97 Å². The summed E-state index contributed by atoms with van der Waals surface area (Å²) in [5.74, 6) is 0. The van der Waals surface area contributed by atoms with Gasteiger partial charge in [0.1, 0.15) is 0 Å². The number of fused-ring (bicyclic) bond motifs is 1. The second kappa shape index (κ2) is 4.86. The quantitative estimate of drug-likeness (QED) is 0.649. The predicted molar refractivity (Wildman–Crippen MR) is 74.9 cm³/mol. The first kappa shape index (κ1) is 12.7. The molecule has 0 radical (unpaired) electrons. The molecule has 5 heteroatoms. The Balaban J connectivity index is 2.10. The molecule has 2 rings (SSSR count). The molecule has 0 bridgehead atoms. The van der Waals surface area contributed by atoms with Gasteiger partial charge in [-0.2, -0.15) is 0 Å². The monoisotopic (exact) mass is 248 g/mol. The van der Waals surface area contributed by atoms with Gasteiger partial charge >= 0.3 is 5.69 Å². The molecule has 0 unspecified atom stereocenters. The summed E-state index contributed by atoms with van der Waals surface area (Å²) in [6, 6.07) is 5.79. The number of aromatic nitrogens is 2. The van der Waals surface area contributed by atoms with Crippen molar-refractivity contribution in [1.29, 1.82) is 0 Å². The van der Waals surface area contributed by atoms with E-state index in [0.29, 0.717) is 6.54 Å². The molecule has 1 heterocycles. The van der Waals surface area contributed by atoms with E-state index in [0.717, 1.165) is 29.7 Å². The van der Waals surface area contributed by atoms with Crippen molar-refractivity contribution >= 4 is 16.7 Å². The minimum Gasteiger partial charge on any atom is -0.384 e. The number of nitrogens with one attached hydrogen (secondary N) is 3. The van der Waals surface area contributed by atoms with Crippen LogP contribution in [0.3, 0.4) is 0 Å². The highest BCUT2D eigenvalue weighted by Crippen LogP contribution is 2.21. The zero-order valence-electron chi connectivity index (χ0n) is 10.8. The van der Waals surface area contributed by atoms with Crippen LogP contribution in [0.1, 0.15) is 20.3 Å². The molecule has 1 aromatic heterocycles. The van der Waals surface area contributed by atoms with Gasteiger partial charge in [-0.15, -0.1) is 0 Å². The third-order valence-electron chi connectivity index (χ3n) is 3.11. The van der Waals surface area contributed by atoms with Gasteiger partial charge in [0.25, 0.3) is 0 Å². The second-order valence-electron chi connectivity index (χ2n) is 5.40. The summed E-state index contributed by atoms with van der Waals surface area (Å²) in [4.78, 5) is 16.6. The lowest BCUT2D eigenvalue weighted by Gasteiger charge is -2.24. The summed E-state index contributed by atoms with van der Waals surface area (Å²) in [5.41, 5.74) is 8.23. The minimum atomic E-state index is -0.175. The molecule has 0 aliphatic carbocycles. The number of hydrogen-bond acceptors (Lipinski definition) is 3. The van der Waals surface area contributed by atoms with Gasteiger partial charge in [-0.1, -0.05) is 13.8 Å². The van der Waals surface area contributed by atoms with E-state index in [-0.39, 0.29) is 11.1 Å². The highest BCUT2D eigenvalue weighted by atomic mass is 16.1. The largest absolute Gasteiger partial charge is 0.384 e. The number of imidazole rings is 1. The predicted octanol–water partition coefficient (Wildman–Crippen LogP) is 1.64. The van der Waals surface area contributed by atoms with Crippen LogP contribution in [0.15, 0.2) is 23.0 Å². The van der Waals surface area contributed by atoms with Crippen molar-refractivity contribution in [3.63, 3.8) is 0 Å². The number of H-pyrrole nitrogens is 2. The maximum atomic E-state index is 11.2. The number of hydrogen-bond donors (Lipinski definition) is 4. The third-order valence-corrected chi connectivity index (χ3v) is 3.11. The molecule has 0 atom stereocenters. The third kappa shape index (κ3) is 2.92. The molecule has 0 aliphatic rings. The first-order chi connectivity index (χ1) is 8.50. The maximum Gasteiger partial charge on any atom is 0.323 e. The molecule has 2 aromatic rings. The van der Waals surface area contributed by atoms with Crippen LogP contribution in [0.5, 0.6) is 0 Å². The lowest BCUT2D eigenvalue weighted by Crippen LogP contribution is -2.26. The summed E-state index contributed by atoms with van der Waals surface area (Å²) < 4.78 is 0. The number of anilines is 1. The molecular formula is C13H20N4O. The van der Waals surface area contributed by atoms with Crippen molar-refractivity contribution in [3.05, 3.63) is 28.7 Å². The summed E-state index contributed by atoms with van der Waals surface area (Å²) in [7, 11) is 0. The molecule has 98 valence electrons. The van der Waals surface area contributed by atoms with Gasteiger partial charge in [-0.05, 0) is 36.6 Å². The standard InChI is InChI=1S/C13H20N4O/c1-13(2,5-6-14)8-15-9-3-4-10-11(7-9)17-12(18)16-10/h3-4,7,15H,5-6,8,14H2,1-2H3,(H2,16,17,18). The van der Waals surface area contributed by atoms with Gasteiger partial charge in [0, 0.05) is 12.2 Å². The van der Waals surface area contributed by atoms with Crippen LogP contribution in [-0.2, 0) is 0 Å². The number of benzene rings is 1. The smallest absolute Gasteiger partial charge is 0.323 e. The molecule has 0 spiro atoms. The molecule has 5 nitrogen and oxygen atoms in total. The Hall–Kier alpha value is -1.75. The molecule has 5 N–H and O–H groups in total. The van der Waals surface area contributed by atoms with Gasteiger partial charge in [0.2, 0.25) is 0 Å². The fourth-order valence-electron chi connectivity index (χ4n) is 1.96. The minimum absolute atomic E-state index is 0.162. The van der Waals surface area contributed by atoms with Crippen LogP contribution in [0.25, 0.3) is 11.0 Å². The lowest BCUT2D eigenvalue weighted by atomic mass is 9.89. The fraction of sp³-hybridized carbons (Fsp3) is 0.462. The molecular weight excluding hydrogens is 228 g/mol. The number of rotatable bonds is 5. The van der Waals surface area contributed by atoms with Crippen molar-refractivity contribution in [2.75, 3.05) is 18.4 Å². The molecule has 1 aromatic carbocycles. The Bertz CT molecular complexity index is 582. The molecule has 0 saturated heterocycles. The van der Waals surface area contributed by atoms with E-state index in [2.05, 4.69) is 29.1 Å². The van der Waals surface area contributed by atoms with Crippen molar-refractivity contribution in [2.45, 2.75) is 20.3 Å². The van der Waals surface area contributed by atoms with Crippen LogP contribution in [0.2, 0.25) is 0 Å². The average Bonchev–Trinajstić information content (AvgIpc) is 2.65. The van der Waals surface area contributed by atoms with E-state index in [9.17, 15) is 4.79 Å². The zero-order valence-corrected chi connectivity index (χ0v) is 10.8. The highest BCUT2D eigenvalue weighted by Gasteiger charge is 2.16. The van der Waals surface area contributed by atoms with E-state index < -0.39 is 0 Å². The normalized spacial score (nSPS) is 11.9. The summed E-state index contributed by atoms with van der Waals surface area (Å²) in [5, 5.41) is 3.38. The lowest BCUT2D eigenvalue weighted by molar-refractivity contribution is 0.365. The van der Waals surface area contributed by atoms with E-state index >= 15 is 0 Å². The molecule has 0 fully saturated rings. The van der Waals surface area contributed by atoms with Gasteiger partial charge in [0.15, 0.2) is 0 Å². The Kier molecular flexibility index (Phi) is 3.43. The van der Waals surface area contributed by atoms with Gasteiger partial charge in [-0.3, -0.25) is 0 Å². The highest BCUT2D eigenvalue weighted by molar-refractivity contribution is 5.78. The van der Waals surface area contributed by atoms with Crippen LogP contribution < -0.4 is 16.7 Å². The Morgan fingerprint density at radius 1 is 1.28 bits per heavy atom. The van der Waals surface area contributed by atoms with Crippen LogP contribution in [0.4, 0.5) is 5.69 Å². The van der Waals surface area contributed by atoms with Crippen LogP contribution in [0, 0.1) is 5.41 Å². The SMILES string of the molecule is CC(C)(CCN)CNc1ccc2[nH]c(=O)[nH]c2c1. The molecule has 0 amide bonds. The number of aromatic amines is 2. The van der Waals surface area contributed by atoms with E-state index in [1.54, 1.807) is 0 Å². The molecule has 18 heavy (non-hydrogen) atoms. The van der Waals surface area contributed by atoms with Crippen molar-refractivity contribution in [3.8, 4) is 0 Å². The summed E-state index contributed by atoms with van der Waals surface area (Å²) in [6.07, 6.45) is 0.975. The second-order valence-corrected chi connectivity index (χ2v) is 5.40. The maximum absolute atomic E-state index is 11.2. The van der Waals surface area contributed by atoms with E-state index in [1.165, 1.54) is 0 Å². The van der Waals surface area contributed by atoms with E-state index in [1.807, 2.05) is 18.2 Å². The van der Waals surface area contributed by atoms with Crippen LogP contribution in [-0.4, -0.2) is 23.1 Å². The van der Waals surface area contributed by atoms with Crippen molar-refractivity contribution in [2.24, 2.45) is 11.1 Å². The Labute approximate surface area is 106 Å². The van der Waals surface area contributed by atoms with Gasteiger partial charge in [-0.25, -0.2) is 4.79 Å². The van der Waals surface area contributed by atoms with Gasteiger partial charge in [0.05, 0.1) is 11.0 Å². The Morgan fingerprint density at radius 3 is 2.72 bits per heavy atom. The fourth-order valence-corrected chi connectivity index (χ4v) is 1.96. The number of nitrogens with two attached hydrogens (primary N) is 1. The first-order valence-electron chi connectivity index (χ1n) is 6.16. The van der Waals surface area contributed by atoms with E-state index in [4.69, 9.17) is 5.73 Å². The van der Waals surface area contributed by atoms with Crippen molar-refractivity contribution < 1.29 is 0 Å². The average molecular weight is 248 g/mol. The van der Waals surface area contributed by atoms with Crippen LogP contribution >= 0.6 is 0 Å². The summed E-state index contributed by atoms with van der Waals surface area (Å²) >= 11 is 0. The Morgan fingerprint density at radius 2 is 2.00 bits per heavy atom. The summed E-state index contributed by atoms with van der Waals surface area (Å²) in [6.45, 7) is 5.91. The zero-order chi connectivity index (χ0) is 13.2.